The number of phosphoric acid groups is 1. The Hall–Kier alpha value is 7.39. The van der Waals surface area contributed by atoms with Crippen molar-refractivity contribution in [1.29, 1.82) is 5.26 Å². The fourth-order valence-electron chi connectivity index (χ4n) is 7.93. The largest absolute Gasteiger partial charge is 2.00 e. The molecule has 0 aromatic heterocycles. The van der Waals surface area contributed by atoms with Gasteiger partial charge in [-0.1, -0.05) is 160 Å². The standard InChI is InChI=1S/3C16H36N.C2H3N.12Mo.H3O4P.38O.2V/c3*1-5-9-13-17(14-10-6-2,15-11-7-3)16-12-8-4;1-2-3;;;;;;;;;;;;;1-5(2,3)4;;;;;;;;;;;;;;;;;;;;;;;;;;;;;;;;;;;;;;;;/h3*5-16H2,1-4H3;1H3;;;;;;;;;;;;;(H3,1,2,3,4);;;;;;;;;;;;;;;;;;;;;;;;;;;;;;;;;;;;;;;;/q3*+1;;;;;;;;;;;;;;;38*-2;;/p-3. The predicted molar refractivity (Wildman–Crippen MR) is 283 cm³/mol. The molecule has 0 spiro atoms. The van der Waals surface area contributed by atoms with Crippen molar-refractivity contribution in [3.63, 3.8) is 0 Å². The number of nitriles is 1. The molecule has 0 aliphatic heterocycles. The van der Waals surface area contributed by atoms with Gasteiger partial charge in [0.1, 0.15) is 0 Å². The van der Waals surface area contributed by atoms with E-state index < -0.39 is 7.82 Å². The summed E-state index contributed by atoms with van der Waals surface area (Å²) in [4.78, 5) is 25.6. The van der Waals surface area contributed by atoms with E-state index in [0.29, 0.717) is 0 Å². The van der Waals surface area contributed by atoms with E-state index in [-0.39, 0.29) is 498 Å². The fourth-order valence-corrected chi connectivity index (χ4v) is 7.93. The van der Waals surface area contributed by atoms with Crippen molar-refractivity contribution < 1.29 is 531 Å². The van der Waals surface area contributed by atoms with Crippen LogP contribution in [0.5, 0.6) is 0 Å². The van der Waals surface area contributed by atoms with Crippen LogP contribution in [0.25, 0.3) is 0 Å². The molecule has 0 aromatic carbocycles. The summed E-state index contributed by atoms with van der Waals surface area (Å²) >= 11 is 0. The first-order valence-electron chi connectivity index (χ1n) is 25.7. The van der Waals surface area contributed by atoms with Crippen LogP contribution in [-0.2, 0) is 503 Å². The van der Waals surface area contributed by atoms with E-state index in [9.17, 15) is 0 Å². The zero-order valence-electron chi connectivity index (χ0n) is 64.1. The second-order valence-corrected chi connectivity index (χ2v) is 18.5. The zero-order chi connectivity index (χ0) is 46.2. The molecule has 46 nitrogen and oxygen atoms in total. The van der Waals surface area contributed by atoms with Gasteiger partial charge in [-0.15, -0.1) is 0 Å². The Labute approximate surface area is 862 Å². The molecule has 0 saturated carbocycles. The van der Waals surface area contributed by atoms with Gasteiger partial charge < -0.3 is 241 Å². The Morgan fingerprint density at radius 2 is 0.234 bits per heavy atom. The van der Waals surface area contributed by atoms with E-state index in [0.717, 1.165) is 0 Å². The molecule has 0 aliphatic rings. The van der Waals surface area contributed by atoms with Crippen LogP contribution in [0.3, 0.4) is 0 Å². The average Bonchev–Trinajstić information content (AvgIpc) is 3.22. The Balaban J connectivity index is -0.00000000557. The van der Waals surface area contributed by atoms with Gasteiger partial charge in [0.2, 0.25) is 0 Å². The van der Waals surface area contributed by atoms with Crippen molar-refractivity contribution >= 4 is 7.82 Å². The molecule has 0 aliphatic carbocycles. The smallest absolute Gasteiger partial charge is 0.0786 e. The summed E-state index contributed by atoms with van der Waals surface area (Å²) in [5, 5.41) is 7.32. The Morgan fingerprint density at radius 1 is 0.198 bits per heavy atom. The number of hydrogen-bond acceptors (Lipinski definition) is 5. The predicted octanol–water partition coefficient (Wildman–Crippen LogP) is 8.17. The first-order chi connectivity index (χ1) is 28.1. The summed E-state index contributed by atoms with van der Waals surface area (Å²) in [5.41, 5.74) is 0. The molecular formula is C50H111Mo12N4O42PV2-76. The third kappa shape index (κ3) is 344. The van der Waals surface area contributed by atoms with Gasteiger partial charge in [0.05, 0.1) is 84.6 Å². The van der Waals surface area contributed by atoms with Crippen molar-refractivity contribution in [2.75, 3.05) is 78.5 Å². The van der Waals surface area contributed by atoms with Gasteiger partial charge in [-0.05, 0) is 77.0 Å². The molecule has 0 rings (SSSR count). The normalized spacial score (nSPS) is 6.12. The SMILES string of the molecule is CC#N.CCCC[N+](CCCC)(CCCC)CCCC.CCCC[N+](CCCC)(CCCC)CCCC.CCCC[N+](CCCC)(CCCC)CCCC.O=P([O-])([O-])[O-].[Mo].[Mo].[Mo].[Mo].[Mo].[Mo].[Mo].[Mo].[Mo].[Mo].[Mo].[Mo].[O-2].[O-2].[O-2].[O-2].[O-2].[O-2].[O-2].[O-2].[O-2].[O-2].[O-2].[O-2].[O-2].[O-2].[O-2].[O-2].[O-2].[O-2].[O-2].[O-2].[O-2].[O-2].[O-2].[O-2].[O-2].[O-2].[O-2].[O-2].[O-2].[O-2].[O-2].[O-2].[O-2].[O-2].[O-2].[O-2].[O-2].[O-2].[V].[V]. The van der Waals surface area contributed by atoms with Gasteiger partial charge in [0.25, 0.3) is 0 Å². The molecule has 2 radical (unpaired) electrons. The van der Waals surface area contributed by atoms with E-state index in [1.807, 2.05) is 0 Å². The van der Waals surface area contributed by atoms with Gasteiger partial charge in [-0.3, -0.25) is 0 Å². The minimum absolute atomic E-state index is 0. The molecule has 0 amide bonds. The average molecular weight is 2720 g/mol. The summed E-state index contributed by atoms with van der Waals surface area (Å²) < 4.78 is 12.8. The monoisotopic (exact) mass is 2750 g/mol. The van der Waals surface area contributed by atoms with Crippen LogP contribution in [0.2, 0.25) is 0 Å². The number of quaternary nitrogens is 3. The summed E-state index contributed by atoms with van der Waals surface area (Å²) in [6.07, 6.45) is 33.2. The van der Waals surface area contributed by atoms with Crippen molar-refractivity contribution in [3.8, 4) is 6.07 Å². The quantitative estimate of drug-likeness (QED) is 0.0339. The van der Waals surface area contributed by atoms with E-state index in [2.05, 4.69) is 83.1 Å². The summed E-state index contributed by atoms with van der Waals surface area (Å²) in [6.45, 7) is 46.5. The second-order valence-electron chi connectivity index (χ2n) is 17.6. The Kier molecular flexibility index (Phi) is 1330. The van der Waals surface area contributed by atoms with Crippen LogP contribution in [-0.4, -0.2) is 92.0 Å². The van der Waals surface area contributed by atoms with E-state index in [4.69, 9.17) is 24.5 Å². The number of rotatable bonds is 36. The van der Waals surface area contributed by atoms with Crippen LogP contribution in [0.15, 0.2) is 0 Å². The Morgan fingerprint density at radius 3 is 0.261 bits per heavy atom. The molecule has 0 aromatic rings. The van der Waals surface area contributed by atoms with Gasteiger partial charge in [-0.25, -0.2) is 0 Å². The molecule has 61 heteroatoms. The maximum Gasteiger partial charge on any atom is 0.0786 e. The molecule has 0 unspecified atom stereocenters. The van der Waals surface area contributed by atoms with Gasteiger partial charge in [0.15, 0.2) is 0 Å². The molecular weight excluding hydrogens is 2610 g/mol. The summed E-state index contributed by atoms with van der Waals surface area (Å²) in [6, 6.07) is 1.75. The number of unbranched alkanes of at least 4 members (excludes halogenated alkanes) is 12. The molecule has 746 valence electrons. The van der Waals surface area contributed by atoms with Crippen molar-refractivity contribution in [3.05, 3.63) is 0 Å². The third-order valence-electron chi connectivity index (χ3n) is 11.8. The van der Waals surface area contributed by atoms with Crippen molar-refractivity contribution in [2.45, 2.75) is 244 Å². The minimum atomic E-state index is -5.39. The zero-order valence-corrected chi connectivity index (χ0v) is 91.9. The van der Waals surface area contributed by atoms with Crippen LogP contribution < -0.4 is 14.7 Å². The van der Waals surface area contributed by atoms with Gasteiger partial charge >= 0.3 is 0 Å². The molecule has 0 bridgehead atoms. The molecule has 111 heavy (non-hydrogen) atoms. The van der Waals surface area contributed by atoms with Crippen molar-refractivity contribution in [1.82, 2.24) is 0 Å². The van der Waals surface area contributed by atoms with Crippen molar-refractivity contribution in [2.24, 2.45) is 0 Å². The number of nitrogens with zero attached hydrogens (tertiary/aromatic N) is 4. The van der Waals surface area contributed by atoms with Crippen LogP contribution in [0.1, 0.15) is 244 Å². The summed E-state index contributed by atoms with van der Waals surface area (Å²) in [7, 11) is -5.39. The van der Waals surface area contributed by atoms with Crippen LogP contribution >= 0.6 is 7.82 Å². The van der Waals surface area contributed by atoms with E-state index in [1.54, 1.807) is 6.07 Å². The third-order valence-corrected chi connectivity index (χ3v) is 11.8. The maximum atomic E-state index is 8.55. The molecule has 0 heterocycles. The van der Waals surface area contributed by atoms with Crippen LogP contribution in [0.4, 0.5) is 0 Å². The van der Waals surface area contributed by atoms with Gasteiger partial charge in [0, 0.05) is 297 Å². The first kappa shape index (κ1) is 433. The topological polar surface area (TPSA) is 1190 Å². The second kappa shape index (κ2) is 340. The van der Waals surface area contributed by atoms with E-state index in [1.165, 1.54) is 253 Å². The molecule has 0 saturated heterocycles. The number of hydrogen-bond donors (Lipinski definition) is 0. The maximum absolute atomic E-state index is 8.55. The first-order valence-corrected chi connectivity index (χ1v) is 27.2. The Bertz CT molecular complexity index is 817. The molecule has 0 atom stereocenters. The summed E-state index contributed by atoms with van der Waals surface area (Å²) in [5.74, 6) is 0. The molecule has 0 fully saturated rings. The molecule has 0 N–H and O–H groups in total. The fraction of sp³-hybridized carbons (Fsp3) is 0.980. The minimum Gasteiger partial charge on any atom is -2.00 e. The van der Waals surface area contributed by atoms with Crippen LogP contribution in [0, 0.1) is 11.3 Å². The van der Waals surface area contributed by atoms with E-state index >= 15 is 0 Å². The van der Waals surface area contributed by atoms with Gasteiger partial charge in [-0.2, -0.15) is 13.1 Å².